The topological polar surface area (TPSA) is 43.6 Å². The Morgan fingerprint density at radius 1 is 1.05 bits per heavy atom. The highest BCUT2D eigenvalue weighted by Gasteiger charge is 2.08. The van der Waals surface area contributed by atoms with Crippen LogP contribution >= 0.6 is 12.4 Å². The van der Waals surface area contributed by atoms with Gasteiger partial charge in [0.05, 0.1) is 27.0 Å². The standard InChI is InChI=1S/C14H17NO3.ClH/c1-16-13-7-3-5-11(14(13)17-2)9-15-10-12-6-4-8-18-12;/h3-8,15H,9-10H2,1-2H3;1H. The number of furan rings is 1. The smallest absolute Gasteiger partial charge is 0.165 e. The highest BCUT2D eigenvalue weighted by Crippen LogP contribution is 2.30. The molecule has 1 aromatic carbocycles. The summed E-state index contributed by atoms with van der Waals surface area (Å²) < 4.78 is 15.9. The van der Waals surface area contributed by atoms with E-state index >= 15 is 0 Å². The minimum atomic E-state index is 0. The number of benzene rings is 1. The minimum absolute atomic E-state index is 0. The number of hydrogen-bond acceptors (Lipinski definition) is 4. The summed E-state index contributed by atoms with van der Waals surface area (Å²) in [5, 5.41) is 3.30. The zero-order chi connectivity index (χ0) is 12.8. The summed E-state index contributed by atoms with van der Waals surface area (Å²) in [4.78, 5) is 0. The van der Waals surface area contributed by atoms with E-state index in [2.05, 4.69) is 5.32 Å². The van der Waals surface area contributed by atoms with Crippen molar-refractivity contribution < 1.29 is 13.9 Å². The van der Waals surface area contributed by atoms with Gasteiger partial charge in [0.2, 0.25) is 0 Å². The summed E-state index contributed by atoms with van der Waals surface area (Å²) in [6.45, 7) is 1.38. The number of nitrogens with one attached hydrogen (secondary N) is 1. The second-order valence-corrected chi connectivity index (χ2v) is 3.84. The van der Waals surface area contributed by atoms with Crippen molar-refractivity contribution in [3.05, 3.63) is 47.9 Å². The molecule has 0 aliphatic carbocycles. The van der Waals surface area contributed by atoms with Crippen LogP contribution in [0.2, 0.25) is 0 Å². The van der Waals surface area contributed by atoms with Gasteiger partial charge in [-0.2, -0.15) is 0 Å². The number of hydrogen-bond donors (Lipinski definition) is 1. The molecule has 2 rings (SSSR count). The normalized spacial score (nSPS) is 9.79. The van der Waals surface area contributed by atoms with Gasteiger partial charge in [-0.3, -0.25) is 0 Å². The molecule has 0 unspecified atom stereocenters. The molecule has 0 aliphatic heterocycles. The van der Waals surface area contributed by atoms with Crippen molar-refractivity contribution >= 4 is 12.4 Å². The first-order valence-electron chi connectivity index (χ1n) is 5.78. The molecule has 19 heavy (non-hydrogen) atoms. The van der Waals surface area contributed by atoms with Gasteiger partial charge in [-0.25, -0.2) is 0 Å². The average Bonchev–Trinajstić information content (AvgIpc) is 2.91. The highest BCUT2D eigenvalue weighted by molar-refractivity contribution is 5.85. The third-order valence-corrected chi connectivity index (χ3v) is 2.68. The van der Waals surface area contributed by atoms with Crippen LogP contribution < -0.4 is 14.8 Å². The minimum Gasteiger partial charge on any atom is -0.493 e. The molecule has 4 nitrogen and oxygen atoms in total. The first kappa shape index (κ1) is 15.4. The fraction of sp³-hybridized carbons (Fsp3) is 0.286. The number of rotatable bonds is 6. The van der Waals surface area contributed by atoms with Crippen molar-refractivity contribution in [1.82, 2.24) is 5.32 Å². The van der Waals surface area contributed by atoms with Gasteiger partial charge in [0.1, 0.15) is 5.76 Å². The Labute approximate surface area is 119 Å². The van der Waals surface area contributed by atoms with Crippen molar-refractivity contribution in [2.75, 3.05) is 14.2 Å². The number of methoxy groups -OCH3 is 2. The quantitative estimate of drug-likeness (QED) is 0.885. The second kappa shape index (κ2) is 7.71. The molecule has 5 heteroatoms. The monoisotopic (exact) mass is 283 g/mol. The zero-order valence-corrected chi connectivity index (χ0v) is 11.8. The molecule has 0 spiro atoms. The van der Waals surface area contributed by atoms with Gasteiger partial charge in [-0.15, -0.1) is 12.4 Å². The van der Waals surface area contributed by atoms with Crippen LogP contribution in [0.15, 0.2) is 41.0 Å². The zero-order valence-electron chi connectivity index (χ0n) is 11.0. The third kappa shape index (κ3) is 3.91. The van der Waals surface area contributed by atoms with E-state index in [9.17, 15) is 0 Å². The molecule has 0 radical (unpaired) electrons. The van der Waals surface area contributed by atoms with Crippen LogP contribution in [-0.2, 0) is 13.1 Å². The van der Waals surface area contributed by atoms with E-state index < -0.39 is 0 Å². The lowest BCUT2D eigenvalue weighted by Crippen LogP contribution is -2.13. The molecule has 0 atom stereocenters. The Morgan fingerprint density at radius 3 is 2.53 bits per heavy atom. The third-order valence-electron chi connectivity index (χ3n) is 2.68. The average molecular weight is 284 g/mol. The summed E-state index contributed by atoms with van der Waals surface area (Å²) in [7, 11) is 3.28. The summed E-state index contributed by atoms with van der Waals surface area (Å²) in [6, 6.07) is 9.66. The Balaban J connectivity index is 0.00000180. The molecule has 0 fully saturated rings. The van der Waals surface area contributed by atoms with Gasteiger partial charge in [0, 0.05) is 12.1 Å². The van der Waals surface area contributed by atoms with Gasteiger partial charge in [-0.1, -0.05) is 12.1 Å². The largest absolute Gasteiger partial charge is 0.493 e. The van der Waals surface area contributed by atoms with Gasteiger partial charge >= 0.3 is 0 Å². The summed E-state index contributed by atoms with van der Waals surface area (Å²) in [5.41, 5.74) is 1.06. The van der Waals surface area contributed by atoms with E-state index in [1.165, 1.54) is 0 Å². The highest BCUT2D eigenvalue weighted by atomic mass is 35.5. The van der Waals surface area contributed by atoms with E-state index in [4.69, 9.17) is 13.9 Å². The summed E-state index contributed by atoms with van der Waals surface area (Å²) in [5.74, 6) is 2.43. The predicted octanol–water partition coefficient (Wildman–Crippen LogP) is 3.01. The molecular formula is C14H18ClNO3. The van der Waals surface area contributed by atoms with E-state index in [0.717, 1.165) is 22.8 Å². The van der Waals surface area contributed by atoms with E-state index in [-0.39, 0.29) is 12.4 Å². The lowest BCUT2D eigenvalue weighted by Gasteiger charge is -2.12. The van der Waals surface area contributed by atoms with Crippen LogP contribution in [0.3, 0.4) is 0 Å². The van der Waals surface area contributed by atoms with Gasteiger partial charge in [0.25, 0.3) is 0 Å². The molecule has 104 valence electrons. The van der Waals surface area contributed by atoms with E-state index in [0.29, 0.717) is 13.1 Å². The van der Waals surface area contributed by atoms with Crippen molar-refractivity contribution in [2.45, 2.75) is 13.1 Å². The van der Waals surface area contributed by atoms with Crippen LogP contribution in [0.1, 0.15) is 11.3 Å². The van der Waals surface area contributed by atoms with Crippen LogP contribution in [-0.4, -0.2) is 14.2 Å². The van der Waals surface area contributed by atoms with E-state index in [1.807, 2.05) is 30.3 Å². The SMILES string of the molecule is COc1cccc(CNCc2ccco2)c1OC.Cl. The van der Waals surface area contributed by atoms with Crippen molar-refractivity contribution in [3.63, 3.8) is 0 Å². The Hall–Kier alpha value is -1.65. The maximum absolute atomic E-state index is 5.37. The van der Waals surface area contributed by atoms with Crippen LogP contribution in [0, 0.1) is 0 Å². The summed E-state index contributed by atoms with van der Waals surface area (Å²) in [6.07, 6.45) is 1.67. The van der Waals surface area contributed by atoms with Crippen LogP contribution in [0.5, 0.6) is 11.5 Å². The fourth-order valence-electron chi connectivity index (χ4n) is 1.83. The van der Waals surface area contributed by atoms with Crippen molar-refractivity contribution in [2.24, 2.45) is 0 Å². The van der Waals surface area contributed by atoms with Crippen molar-refractivity contribution in [3.8, 4) is 11.5 Å². The van der Waals surface area contributed by atoms with Gasteiger partial charge < -0.3 is 19.2 Å². The molecule has 0 saturated carbocycles. The fourth-order valence-corrected chi connectivity index (χ4v) is 1.83. The van der Waals surface area contributed by atoms with Gasteiger partial charge in [0.15, 0.2) is 11.5 Å². The number of para-hydroxylation sites is 1. The molecule has 0 aliphatic rings. The molecule has 2 aromatic rings. The molecule has 1 N–H and O–H groups in total. The van der Waals surface area contributed by atoms with E-state index in [1.54, 1.807) is 20.5 Å². The Bertz CT molecular complexity index is 485. The Kier molecular flexibility index (Phi) is 6.25. The van der Waals surface area contributed by atoms with Crippen LogP contribution in [0.4, 0.5) is 0 Å². The first-order chi connectivity index (χ1) is 8.85. The molecule has 0 saturated heterocycles. The second-order valence-electron chi connectivity index (χ2n) is 3.84. The lowest BCUT2D eigenvalue weighted by atomic mass is 10.2. The molecular weight excluding hydrogens is 266 g/mol. The maximum atomic E-state index is 5.37. The lowest BCUT2D eigenvalue weighted by molar-refractivity contribution is 0.350. The first-order valence-corrected chi connectivity index (χ1v) is 5.78. The molecule has 1 aromatic heterocycles. The predicted molar refractivity (Wildman–Crippen MR) is 76.0 cm³/mol. The molecule has 0 amide bonds. The van der Waals surface area contributed by atoms with Gasteiger partial charge in [-0.05, 0) is 18.2 Å². The molecule has 1 heterocycles. The molecule has 0 bridgehead atoms. The van der Waals surface area contributed by atoms with Crippen LogP contribution in [0.25, 0.3) is 0 Å². The Morgan fingerprint density at radius 2 is 1.89 bits per heavy atom. The number of ether oxygens (including phenoxy) is 2. The number of halogens is 1. The summed E-state index contributed by atoms with van der Waals surface area (Å²) >= 11 is 0. The maximum Gasteiger partial charge on any atom is 0.165 e. The van der Waals surface area contributed by atoms with Crippen molar-refractivity contribution in [1.29, 1.82) is 0 Å².